The predicted molar refractivity (Wildman–Crippen MR) is 74.5 cm³/mol. The monoisotopic (exact) mass is 311 g/mol. The summed E-state index contributed by atoms with van der Waals surface area (Å²) in [5.74, 6) is 6.26. The molecule has 0 atom stereocenters. The van der Waals surface area contributed by atoms with Crippen molar-refractivity contribution in [1.29, 1.82) is 0 Å². The lowest BCUT2D eigenvalue weighted by Gasteiger charge is -2.12. The van der Waals surface area contributed by atoms with Crippen LogP contribution in [-0.2, 0) is 11.3 Å². The van der Waals surface area contributed by atoms with Gasteiger partial charge < -0.3 is 14.9 Å². The number of halogens is 1. The Morgan fingerprint density at radius 3 is 2.78 bits per heavy atom. The highest BCUT2D eigenvalue weighted by atomic mass is 79.9. The Morgan fingerprint density at radius 1 is 1.39 bits per heavy atom. The van der Waals surface area contributed by atoms with Crippen molar-refractivity contribution >= 4 is 32.5 Å². The summed E-state index contributed by atoms with van der Waals surface area (Å²) in [6, 6.07) is 5.62. The van der Waals surface area contributed by atoms with Crippen molar-refractivity contribution in [3.05, 3.63) is 28.4 Å². The van der Waals surface area contributed by atoms with Crippen LogP contribution in [0, 0.1) is 0 Å². The Balaban J connectivity index is 2.77. The maximum atomic E-state index is 5.56. The van der Waals surface area contributed by atoms with E-state index < -0.39 is 0 Å². The molecular weight excluding hydrogens is 298 g/mol. The van der Waals surface area contributed by atoms with Crippen molar-refractivity contribution < 1.29 is 9.47 Å². The van der Waals surface area contributed by atoms with Crippen LogP contribution in [0.5, 0.6) is 5.75 Å². The molecule has 2 aromatic rings. The molecule has 1 aromatic heterocycles. The third-order valence-corrected chi connectivity index (χ3v) is 3.25. The first-order valence-electron chi connectivity index (χ1n) is 5.33. The molecule has 0 aliphatic heterocycles. The fraction of sp³-hybridized carbons (Fsp3) is 0.250. The Kier molecular flexibility index (Phi) is 4.00. The fourth-order valence-corrected chi connectivity index (χ4v) is 2.36. The minimum absolute atomic E-state index is 0.417. The number of hydrogen-bond donors (Lipinski definition) is 2. The lowest BCUT2D eigenvalue weighted by Crippen LogP contribution is -2.09. The van der Waals surface area contributed by atoms with Gasteiger partial charge in [0.25, 0.3) is 0 Å². The molecule has 0 saturated heterocycles. The molecule has 0 spiro atoms. The number of nitrogen functional groups attached to an aromatic ring is 1. The van der Waals surface area contributed by atoms with Gasteiger partial charge in [-0.1, -0.05) is 15.9 Å². The van der Waals surface area contributed by atoms with Gasteiger partial charge in [-0.2, -0.15) is 0 Å². The second-order valence-corrected chi connectivity index (χ2v) is 4.57. The van der Waals surface area contributed by atoms with Crippen LogP contribution in [0.1, 0.15) is 5.69 Å². The van der Waals surface area contributed by atoms with Gasteiger partial charge in [-0.3, -0.25) is 5.84 Å². The average molecular weight is 312 g/mol. The van der Waals surface area contributed by atoms with Crippen LogP contribution in [0.4, 0.5) is 5.69 Å². The molecule has 0 unspecified atom stereocenters. The lowest BCUT2D eigenvalue weighted by atomic mass is 10.1. The van der Waals surface area contributed by atoms with Gasteiger partial charge in [0.05, 0.1) is 25.1 Å². The number of rotatable bonds is 4. The summed E-state index contributed by atoms with van der Waals surface area (Å²) in [5, 5.41) is 0.886. The number of fused-ring (bicyclic) bond motifs is 1. The number of aromatic nitrogens is 1. The van der Waals surface area contributed by atoms with Crippen molar-refractivity contribution in [2.45, 2.75) is 6.61 Å². The summed E-state index contributed by atoms with van der Waals surface area (Å²) in [6.07, 6.45) is 0. The molecule has 96 valence electrons. The molecule has 0 saturated carbocycles. The summed E-state index contributed by atoms with van der Waals surface area (Å²) >= 11 is 3.49. The second kappa shape index (κ2) is 5.51. The number of ether oxygens (including phenoxy) is 2. The van der Waals surface area contributed by atoms with E-state index in [1.807, 2.05) is 18.2 Å². The van der Waals surface area contributed by atoms with E-state index in [1.54, 1.807) is 14.2 Å². The topological polar surface area (TPSA) is 69.4 Å². The first kappa shape index (κ1) is 13.1. The van der Waals surface area contributed by atoms with Crippen LogP contribution < -0.4 is 16.0 Å². The van der Waals surface area contributed by atoms with Gasteiger partial charge in [0.15, 0.2) is 0 Å². The zero-order valence-corrected chi connectivity index (χ0v) is 11.7. The maximum Gasteiger partial charge on any atom is 0.145 e. The molecule has 0 amide bonds. The van der Waals surface area contributed by atoms with Crippen molar-refractivity contribution in [1.82, 2.24) is 4.98 Å². The van der Waals surface area contributed by atoms with E-state index in [0.29, 0.717) is 12.4 Å². The van der Waals surface area contributed by atoms with Crippen LogP contribution in [0.15, 0.2) is 22.7 Å². The minimum atomic E-state index is 0.417. The molecule has 3 N–H and O–H groups in total. The molecule has 1 heterocycles. The van der Waals surface area contributed by atoms with Crippen LogP contribution in [-0.4, -0.2) is 19.2 Å². The molecule has 18 heavy (non-hydrogen) atoms. The van der Waals surface area contributed by atoms with Crippen LogP contribution in [0.3, 0.4) is 0 Å². The lowest BCUT2D eigenvalue weighted by molar-refractivity contribution is 0.182. The molecular formula is C12H14BrN3O2. The van der Waals surface area contributed by atoms with E-state index in [1.165, 1.54) is 0 Å². The Labute approximate surface area is 113 Å². The first-order valence-corrected chi connectivity index (χ1v) is 6.12. The molecule has 0 aliphatic carbocycles. The van der Waals surface area contributed by atoms with Gasteiger partial charge in [0, 0.05) is 17.0 Å². The number of anilines is 1. The van der Waals surface area contributed by atoms with Gasteiger partial charge >= 0.3 is 0 Å². The van der Waals surface area contributed by atoms with Gasteiger partial charge in [0.1, 0.15) is 11.3 Å². The van der Waals surface area contributed by atoms with E-state index in [4.69, 9.17) is 15.3 Å². The molecule has 0 radical (unpaired) electrons. The van der Waals surface area contributed by atoms with Crippen LogP contribution in [0.25, 0.3) is 10.9 Å². The SMILES string of the molecule is COCc1cc(NN)c2c(Br)ccc(OC)c2n1. The number of nitrogens with one attached hydrogen (secondary N) is 1. The van der Waals surface area contributed by atoms with Crippen molar-refractivity contribution in [3.8, 4) is 5.75 Å². The highest BCUT2D eigenvalue weighted by Gasteiger charge is 2.12. The maximum absolute atomic E-state index is 5.56. The van der Waals surface area contributed by atoms with E-state index in [2.05, 4.69) is 26.3 Å². The standard InChI is InChI=1S/C12H14BrN3O2/c1-17-6-7-5-9(16-14)11-8(13)3-4-10(18-2)12(11)15-7/h3-5H,6,14H2,1-2H3,(H,15,16). The third kappa shape index (κ3) is 2.27. The number of hydrogen-bond acceptors (Lipinski definition) is 5. The Hall–Kier alpha value is -1.37. The quantitative estimate of drug-likeness (QED) is 0.670. The van der Waals surface area contributed by atoms with Gasteiger partial charge in [-0.15, -0.1) is 0 Å². The van der Waals surface area contributed by atoms with Crippen LogP contribution in [0.2, 0.25) is 0 Å². The number of nitrogens with two attached hydrogens (primary N) is 1. The van der Waals surface area contributed by atoms with Gasteiger partial charge in [-0.25, -0.2) is 4.98 Å². The summed E-state index contributed by atoms with van der Waals surface area (Å²) in [7, 11) is 3.24. The van der Waals surface area contributed by atoms with Crippen molar-refractivity contribution in [3.63, 3.8) is 0 Å². The number of nitrogens with zero attached hydrogens (tertiary/aromatic N) is 1. The summed E-state index contributed by atoms with van der Waals surface area (Å²) in [6.45, 7) is 0.417. The zero-order chi connectivity index (χ0) is 13.1. The van der Waals surface area contributed by atoms with Crippen LogP contribution >= 0.6 is 15.9 Å². The molecule has 5 nitrogen and oxygen atoms in total. The molecule has 6 heteroatoms. The molecule has 1 aromatic carbocycles. The van der Waals surface area contributed by atoms with Crippen molar-refractivity contribution in [2.24, 2.45) is 5.84 Å². The number of hydrazine groups is 1. The summed E-state index contributed by atoms with van der Waals surface area (Å²) < 4.78 is 11.3. The Morgan fingerprint density at radius 2 is 2.17 bits per heavy atom. The highest BCUT2D eigenvalue weighted by molar-refractivity contribution is 9.10. The first-order chi connectivity index (χ1) is 8.71. The van der Waals surface area contributed by atoms with E-state index in [0.717, 1.165) is 26.8 Å². The third-order valence-electron chi connectivity index (χ3n) is 2.59. The Bertz CT molecular complexity index is 575. The zero-order valence-electron chi connectivity index (χ0n) is 10.2. The molecule has 2 rings (SSSR count). The van der Waals surface area contributed by atoms with E-state index >= 15 is 0 Å². The molecule has 0 fully saturated rings. The number of pyridine rings is 1. The summed E-state index contributed by atoms with van der Waals surface area (Å²) in [5.41, 5.74) is 4.99. The van der Waals surface area contributed by atoms with E-state index in [-0.39, 0.29) is 0 Å². The van der Waals surface area contributed by atoms with Crippen molar-refractivity contribution in [2.75, 3.05) is 19.6 Å². The number of methoxy groups -OCH3 is 2. The summed E-state index contributed by atoms with van der Waals surface area (Å²) in [4.78, 5) is 4.53. The smallest absolute Gasteiger partial charge is 0.145 e. The van der Waals surface area contributed by atoms with E-state index in [9.17, 15) is 0 Å². The predicted octanol–water partition coefficient (Wildman–Crippen LogP) is 2.44. The van der Waals surface area contributed by atoms with Gasteiger partial charge in [0.2, 0.25) is 0 Å². The normalized spacial score (nSPS) is 10.7. The molecule has 0 bridgehead atoms. The number of benzene rings is 1. The minimum Gasteiger partial charge on any atom is -0.494 e. The molecule has 0 aliphatic rings. The largest absolute Gasteiger partial charge is 0.494 e. The van der Waals surface area contributed by atoms with Gasteiger partial charge in [-0.05, 0) is 18.2 Å². The fourth-order valence-electron chi connectivity index (χ4n) is 1.83. The second-order valence-electron chi connectivity index (χ2n) is 3.71. The average Bonchev–Trinajstić information content (AvgIpc) is 2.38. The highest BCUT2D eigenvalue weighted by Crippen LogP contribution is 2.35.